The van der Waals surface area contributed by atoms with E-state index in [1.54, 1.807) is 20.3 Å². The van der Waals surface area contributed by atoms with E-state index in [0.717, 1.165) is 0 Å². The maximum atomic E-state index is 5.33. The number of hydrogen-bond acceptors (Lipinski definition) is 6. The molecule has 0 radical (unpaired) electrons. The zero-order chi connectivity index (χ0) is 12.7. The lowest BCUT2D eigenvalue weighted by molar-refractivity contribution is -0.0914. The Kier molecular flexibility index (Phi) is 5.65. The molecular weight excluding hydrogens is 222 g/mol. The van der Waals surface area contributed by atoms with Crippen LogP contribution in [-0.4, -0.2) is 43.6 Å². The summed E-state index contributed by atoms with van der Waals surface area (Å²) in [5.74, 6) is 1.92. The van der Waals surface area contributed by atoms with Crippen LogP contribution in [0, 0.1) is 6.92 Å². The molecule has 1 aromatic rings. The fourth-order valence-corrected chi connectivity index (χ4v) is 1.30. The highest BCUT2D eigenvalue weighted by Gasteiger charge is 2.07. The summed E-state index contributed by atoms with van der Waals surface area (Å²) in [5.41, 5.74) is 0. The van der Waals surface area contributed by atoms with Crippen LogP contribution < -0.4 is 10.1 Å². The zero-order valence-electron chi connectivity index (χ0n) is 10.7. The van der Waals surface area contributed by atoms with E-state index in [0.29, 0.717) is 30.7 Å². The van der Waals surface area contributed by atoms with Gasteiger partial charge in [-0.1, -0.05) is 0 Å². The Balaban J connectivity index is 2.63. The lowest BCUT2D eigenvalue weighted by Crippen LogP contribution is -2.24. The Labute approximate surface area is 101 Å². The van der Waals surface area contributed by atoms with Gasteiger partial charge in [0, 0.05) is 20.3 Å². The van der Waals surface area contributed by atoms with Crippen LogP contribution in [-0.2, 0) is 9.47 Å². The number of nitrogens with zero attached hydrogens (tertiary/aromatic N) is 2. The first-order chi connectivity index (χ1) is 8.19. The molecule has 6 heteroatoms. The van der Waals surface area contributed by atoms with Gasteiger partial charge in [-0.25, -0.2) is 4.98 Å². The van der Waals surface area contributed by atoms with E-state index < -0.39 is 0 Å². The summed E-state index contributed by atoms with van der Waals surface area (Å²) in [6.45, 7) is 4.82. The quantitative estimate of drug-likeness (QED) is 0.724. The summed E-state index contributed by atoms with van der Waals surface area (Å²) in [4.78, 5) is 8.40. The van der Waals surface area contributed by atoms with Gasteiger partial charge in [-0.15, -0.1) is 0 Å². The Bertz CT molecular complexity index is 343. The summed E-state index contributed by atoms with van der Waals surface area (Å²) in [6.07, 6.45) is -0.305. The topological polar surface area (TPSA) is 65.5 Å². The molecule has 0 amide bonds. The standard InChI is InChI=1S/C11H19N3O3/c1-5-17-10-6-9(13-8(2)14-10)12-7-11(15-3)16-4/h6,11H,5,7H2,1-4H3,(H,12,13,14). The predicted octanol–water partition coefficient (Wildman–Crippen LogP) is 1.21. The molecule has 0 aliphatic rings. The van der Waals surface area contributed by atoms with Gasteiger partial charge in [0.25, 0.3) is 0 Å². The van der Waals surface area contributed by atoms with Crippen molar-refractivity contribution >= 4 is 5.82 Å². The summed E-state index contributed by atoms with van der Waals surface area (Å²) >= 11 is 0. The van der Waals surface area contributed by atoms with Crippen molar-refractivity contribution in [3.63, 3.8) is 0 Å². The average molecular weight is 241 g/mol. The van der Waals surface area contributed by atoms with Crippen molar-refractivity contribution in [3.8, 4) is 5.88 Å². The summed E-state index contributed by atoms with van der Waals surface area (Å²) in [5, 5.41) is 3.11. The van der Waals surface area contributed by atoms with E-state index in [2.05, 4.69) is 15.3 Å². The van der Waals surface area contributed by atoms with Gasteiger partial charge in [0.15, 0.2) is 6.29 Å². The van der Waals surface area contributed by atoms with Crippen molar-refractivity contribution in [2.24, 2.45) is 0 Å². The van der Waals surface area contributed by atoms with Crippen molar-refractivity contribution in [1.82, 2.24) is 9.97 Å². The molecule has 17 heavy (non-hydrogen) atoms. The molecule has 1 N–H and O–H groups in total. The van der Waals surface area contributed by atoms with E-state index in [9.17, 15) is 0 Å². The number of aromatic nitrogens is 2. The first kappa shape index (κ1) is 13.7. The molecule has 0 aliphatic carbocycles. The van der Waals surface area contributed by atoms with Gasteiger partial charge < -0.3 is 19.5 Å². The molecule has 1 heterocycles. The number of ether oxygens (including phenoxy) is 3. The van der Waals surface area contributed by atoms with Crippen LogP contribution in [0.15, 0.2) is 6.07 Å². The van der Waals surface area contributed by atoms with Crippen molar-refractivity contribution in [3.05, 3.63) is 11.9 Å². The maximum absolute atomic E-state index is 5.33. The highest BCUT2D eigenvalue weighted by molar-refractivity contribution is 5.38. The van der Waals surface area contributed by atoms with Crippen LogP contribution in [0.1, 0.15) is 12.7 Å². The van der Waals surface area contributed by atoms with Crippen LogP contribution in [0.3, 0.4) is 0 Å². The maximum Gasteiger partial charge on any atom is 0.218 e. The Morgan fingerprint density at radius 2 is 2.00 bits per heavy atom. The molecule has 0 atom stereocenters. The van der Waals surface area contributed by atoms with Gasteiger partial charge in [0.1, 0.15) is 11.6 Å². The summed E-state index contributed by atoms with van der Waals surface area (Å²) in [6, 6.07) is 1.75. The fraction of sp³-hybridized carbons (Fsp3) is 0.636. The first-order valence-corrected chi connectivity index (χ1v) is 5.47. The second-order valence-corrected chi connectivity index (χ2v) is 3.35. The molecule has 1 rings (SSSR count). The fourth-order valence-electron chi connectivity index (χ4n) is 1.30. The minimum atomic E-state index is -0.305. The van der Waals surface area contributed by atoms with Crippen LogP contribution in [0.25, 0.3) is 0 Å². The molecule has 0 unspecified atom stereocenters. The molecule has 96 valence electrons. The minimum absolute atomic E-state index is 0.305. The Morgan fingerprint density at radius 1 is 1.29 bits per heavy atom. The van der Waals surface area contributed by atoms with E-state index in [-0.39, 0.29) is 6.29 Å². The molecule has 0 spiro atoms. The number of anilines is 1. The SMILES string of the molecule is CCOc1cc(NCC(OC)OC)nc(C)n1. The highest BCUT2D eigenvalue weighted by Crippen LogP contribution is 2.13. The largest absolute Gasteiger partial charge is 0.478 e. The van der Waals surface area contributed by atoms with Crippen LogP contribution in [0.4, 0.5) is 5.82 Å². The third kappa shape index (κ3) is 4.54. The Hall–Kier alpha value is -1.40. The van der Waals surface area contributed by atoms with Crippen LogP contribution in [0.5, 0.6) is 5.88 Å². The minimum Gasteiger partial charge on any atom is -0.478 e. The van der Waals surface area contributed by atoms with E-state index in [1.165, 1.54) is 0 Å². The lowest BCUT2D eigenvalue weighted by atomic mass is 10.5. The average Bonchev–Trinajstić information content (AvgIpc) is 2.30. The third-order valence-electron chi connectivity index (χ3n) is 2.08. The van der Waals surface area contributed by atoms with Gasteiger partial charge in [0.2, 0.25) is 5.88 Å². The van der Waals surface area contributed by atoms with Gasteiger partial charge >= 0.3 is 0 Å². The van der Waals surface area contributed by atoms with Crippen molar-refractivity contribution < 1.29 is 14.2 Å². The third-order valence-corrected chi connectivity index (χ3v) is 2.08. The van der Waals surface area contributed by atoms with E-state index >= 15 is 0 Å². The molecule has 0 aliphatic heterocycles. The number of rotatable bonds is 7. The molecule has 6 nitrogen and oxygen atoms in total. The monoisotopic (exact) mass is 241 g/mol. The predicted molar refractivity (Wildman–Crippen MR) is 64.2 cm³/mol. The number of methoxy groups -OCH3 is 2. The molecular formula is C11H19N3O3. The number of nitrogens with one attached hydrogen (secondary N) is 1. The van der Waals surface area contributed by atoms with Gasteiger partial charge in [-0.2, -0.15) is 4.98 Å². The summed E-state index contributed by atoms with van der Waals surface area (Å²) in [7, 11) is 3.18. The van der Waals surface area contributed by atoms with Gasteiger partial charge in [0.05, 0.1) is 13.2 Å². The van der Waals surface area contributed by atoms with E-state index in [4.69, 9.17) is 14.2 Å². The van der Waals surface area contributed by atoms with Gasteiger partial charge in [-0.3, -0.25) is 0 Å². The number of aryl methyl sites for hydroxylation is 1. The first-order valence-electron chi connectivity index (χ1n) is 5.47. The molecule has 0 fully saturated rings. The summed E-state index contributed by atoms with van der Waals surface area (Å²) < 4.78 is 15.5. The molecule has 0 bridgehead atoms. The molecule has 0 saturated heterocycles. The number of hydrogen-bond donors (Lipinski definition) is 1. The second kappa shape index (κ2) is 7.03. The van der Waals surface area contributed by atoms with Crippen LogP contribution >= 0.6 is 0 Å². The van der Waals surface area contributed by atoms with Gasteiger partial charge in [-0.05, 0) is 13.8 Å². The normalized spacial score (nSPS) is 10.6. The molecule has 0 aromatic carbocycles. The molecule has 1 aromatic heterocycles. The van der Waals surface area contributed by atoms with Crippen LogP contribution in [0.2, 0.25) is 0 Å². The highest BCUT2D eigenvalue weighted by atomic mass is 16.7. The van der Waals surface area contributed by atoms with E-state index in [1.807, 2.05) is 13.8 Å². The zero-order valence-corrected chi connectivity index (χ0v) is 10.7. The molecule has 0 saturated carbocycles. The van der Waals surface area contributed by atoms with Crippen molar-refractivity contribution in [1.29, 1.82) is 0 Å². The lowest BCUT2D eigenvalue weighted by Gasteiger charge is -2.15. The smallest absolute Gasteiger partial charge is 0.218 e. The van der Waals surface area contributed by atoms with Crippen molar-refractivity contribution in [2.45, 2.75) is 20.1 Å². The Morgan fingerprint density at radius 3 is 2.59 bits per heavy atom. The second-order valence-electron chi connectivity index (χ2n) is 3.35. The van der Waals surface area contributed by atoms with Crippen molar-refractivity contribution in [2.75, 3.05) is 32.7 Å².